The fourth-order valence-electron chi connectivity index (χ4n) is 3.42. The Morgan fingerprint density at radius 2 is 1.78 bits per heavy atom. The van der Waals surface area contributed by atoms with E-state index >= 15 is 0 Å². The molecule has 0 aliphatic rings. The van der Waals surface area contributed by atoms with E-state index in [2.05, 4.69) is 5.32 Å². The second-order valence-electron chi connectivity index (χ2n) is 7.06. The average molecular weight is 426 g/mol. The predicted octanol–water partition coefficient (Wildman–Crippen LogP) is 4.39. The molecule has 158 valence electrons. The minimum absolute atomic E-state index is 0.00482. The Morgan fingerprint density at radius 3 is 2.41 bits per heavy atom. The minimum atomic E-state index is -0.502. The summed E-state index contributed by atoms with van der Waals surface area (Å²) in [4.78, 5) is 23.4. The molecule has 0 atom stereocenters. The molecule has 0 aliphatic heterocycles. The van der Waals surface area contributed by atoms with Gasteiger partial charge < -0.3 is 10.1 Å². The highest BCUT2D eigenvalue weighted by molar-refractivity contribution is 5.85. The van der Waals surface area contributed by atoms with Gasteiger partial charge in [-0.05, 0) is 48.0 Å². The van der Waals surface area contributed by atoms with Crippen LogP contribution in [0.3, 0.4) is 0 Å². The Bertz CT molecular complexity index is 1400. The molecule has 3 aromatic carbocycles. The predicted molar refractivity (Wildman–Crippen MR) is 121 cm³/mol. The molecule has 1 heterocycles. The molecule has 8 heteroatoms. The average Bonchev–Trinajstić information content (AvgIpc) is 2.82. The summed E-state index contributed by atoms with van der Waals surface area (Å²) in [6, 6.07) is 22.3. The lowest BCUT2D eigenvalue weighted by atomic mass is 10.1. The number of nitriles is 1. The molecule has 8 nitrogen and oxygen atoms in total. The lowest BCUT2D eigenvalue weighted by molar-refractivity contribution is -0.384. The zero-order valence-corrected chi connectivity index (χ0v) is 17.1. The molecule has 0 bridgehead atoms. The number of anilines is 1. The number of ether oxygens (including phenoxy) is 1. The van der Waals surface area contributed by atoms with Crippen molar-refractivity contribution in [2.45, 2.75) is 6.54 Å². The van der Waals surface area contributed by atoms with Crippen LogP contribution >= 0.6 is 0 Å². The maximum atomic E-state index is 13.0. The molecular weight excluding hydrogens is 408 g/mol. The van der Waals surface area contributed by atoms with Gasteiger partial charge in [0.15, 0.2) is 0 Å². The summed E-state index contributed by atoms with van der Waals surface area (Å²) in [5.74, 6) is 0.778. The number of nitrogens with zero attached hydrogens (tertiary/aromatic N) is 3. The summed E-state index contributed by atoms with van der Waals surface area (Å²) >= 11 is 0. The number of nitro groups is 1. The second-order valence-corrected chi connectivity index (χ2v) is 7.06. The van der Waals surface area contributed by atoms with Gasteiger partial charge in [0, 0.05) is 35.4 Å². The van der Waals surface area contributed by atoms with Crippen molar-refractivity contribution in [2.24, 2.45) is 0 Å². The maximum Gasteiger partial charge on any atom is 0.273 e. The zero-order valence-electron chi connectivity index (χ0n) is 17.1. The molecule has 4 rings (SSSR count). The normalized spacial score (nSPS) is 10.5. The molecule has 32 heavy (non-hydrogen) atoms. The van der Waals surface area contributed by atoms with Crippen LogP contribution in [0.5, 0.6) is 5.75 Å². The number of nitrogens with one attached hydrogen (secondary N) is 1. The number of aromatic nitrogens is 1. The van der Waals surface area contributed by atoms with Crippen molar-refractivity contribution in [3.05, 3.63) is 104 Å². The van der Waals surface area contributed by atoms with Gasteiger partial charge in [-0.25, -0.2) is 0 Å². The molecule has 0 fully saturated rings. The number of pyridine rings is 1. The number of non-ortho nitro benzene ring substituents is 1. The molecule has 4 aromatic rings. The van der Waals surface area contributed by atoms with Gasteiger partial charge in [0.25, 0.3) is 11.2 Å². The first-order valence-corrected chi connectivity index (χ1v) is 9.71. The van der Waals surface area contributed by atoms with E-state index in [4.69, 9.17) is 4.74 Å². The van der Waals surface area contributed by atoms with E-state index in [-0.39, 0.29) is 11.3 Å². The van der Waals surface area contributed by atoms with Crippen molar-refractivity contribution < 1.29 is 9.66 Å². The standard InChI is InChI=1S/C24H18N4O4/c1-32-22-10-2-16(3-11-22)15-26-19-5-4-17-12-18(14-25)24(29)27(23(17)13-19)20-6-8-21(9-7-20)28(30)31/h2-13,26H,15H2,1H3. The Hall–Kier alpha value is -4.64. The van der Waals surface area contributed by atoms with Crippen LogP contribution < -0.4 is 15.6 Å². The van der Waals surface area contributed by atoms with Gasteiger partial charge in [-0.2, -0.15) is 5.26 Å². The van der Waals surface area contributed by atoms with Crippen molar-refractivity contribution in [3.63, 3.8) is 0 Å². The first-order chi connectivity index (χ1) is 15.5. The van der Waals surface area contributed by atoms with Crippen molar-refractivity contribution in [3.8, 4) is 17.5 Å². The molecule has 0 saturated heterocycles. The highest BCUT2D eigenvalue weighted by Crippen LogP contribution is 2.24. The number of hydrogen-bond acceptors (Lipinski definition) is 6. The van der Waals surface area contributed by atoms with Crippen LogP contribution in [0.15, 0.2) is 77.6 Å². The summed E-state index contributed by atoms with van der Waals surface area (Å²) in [5, 5.41) is 24.4. The largest absolute Gasteiger partial charge is 0.497 e. The van der Waals surface area contributed by atoms with Gasteiger partial charge in [-0.1, -0.05) is 18.2 Å². The molecule has 0 spiro atoms. The van der Waals surface area contributed by atoms with Crippen LogP contribution in [-0.2, 0) is 6.54 Å². The summed E-state index contributed by atoms with van der Waals surface area (Å²) in [5.41, 5.74) is 2.30. The molecule has 0 radical (unpaired) electrons. The van der Waals surface area contributed by atoms with E-state index in [1.165, 1.54) is 28.8 Å². The third-order valence-electron chi connectivity index (χ3n) is 5.10. The quantitative estimate of drug-likeness (QED) is 0.362. The summed E-state index contributed by atoms with van der Waals surface area (Å²) in [6.07, 6.45) is 0. The first-order valence-electron chi connectivity index (χ1n) is 9.71. The Kier molecular flexibility index (Phi) is 5.55. The van der Waals surface area contributed by atoms with Gasteiger partial charge in [0.05, 0.1) is 17.5 Å². The van der Waals surface area contributed by atoms with E-state index in [1.54, 1.807) is 13.2 Å². The lowest BCUT2D eigenvalue weighted by Crippen LogP contribution is -2.21. The fraction of sp³-hybridized carbons (Fsp3) is 0.0833. The number of fused-ring (bicyclic) bond motifs is 1. The molecule has 0 saturated carbocycles. The highest BCUT2D eigenvalue weighted by atomic mass is 16.6. The topological polar surface area (TPSA) is 110 Å². The molecule has 0 unspecified atom stereocenters. The minimum Gasteiger partial charge on any atom is -0.497 e. The van der Waals surface area contributed by atoms with Gasteiger partial charge in [-0.3, -0.25) is 19.5 Å². The van der Waals surface area contributed by atoms with Crippen molar-refractivity contribution in [2.75, 3.05) is 12.4 Å². The molecule has 1 N–H and O–H groups in total. The van der Waals surface area contributed by atoms with Crippen LogP contribution in [0.4, 0.5) is 11.4 Å². The fourth-order valence-corrected chi connectivity index (χ4v) is 3.42. The SMILES string of the molecule is COc1ccc(CNc2ccc3cc(C#N)c(=O)n(-c4ccc([N+](=O)[O-])cc4)c3c2)cc1. The molecule has 1 aromatic heterocycles. The highest BCUT2D eigenvalue weighted by Gasteiger charge is 2.13. The van der Waals surface area contributed by atoms with Crippen molar-refractivity contribution in [1.29, 1.82) is 5.26 Å². The number of benzene rings is 3. The van der Waals surface area contributed by atoms with E-state index in [1.807, 2.05) is 48.5 Å². The van der Waals surface area contributed by atoms with E-state index in [9.17, 15) is 20.2 Å². The molecule has 0 aliphatic carbocycles. The Morgan fingerprint density at radius 1 is 1.06 bits per heavy atom. The Labute approximate surface area is 183 Å². The zero-order chi connectivity index (χ0) is 22.7. The van der Waals surface area contributed by atoms with Crippen molar-refractivity contribution >= 4 is 22.3 Å². The lowest BCUT2D eigenvalue weighted by Gasteiger charge is -2.14. The van der Waals surface area contributed by atoms with E-state index in [0.717, 1.165) is 17.0 Å². The summed E-state index contributed by atoms with van der Waals surface area (Å²) < 4.78 is 6.57. The number of nitro benzene ring substituents is 1. The van der Waals surface area contributed by atoms with Gasteiger partial charge in [-0.15, -0.1) is 0 Å². The van der Waals surface area contributed by atoms with E-state index in [0.29, 0.717) is 23.1 Å². The summed E-state index contributed by atoms with van der Waals surface area (Å²) in [7, 11) is 1.62. The maximum absolute atomic E-state index is 13.0. The monoisotopic (exact) mass is 426 g/mol. The smallest absolute Gasteiger partial charge is 0.273 e. The van der Waals surface area contributed by atoms with Gasteiger partial charge in [0.1, 0.15) is 17.4 Å². The molecular formula is C24H18N4O4. The number of hydrogen-bond donors (Lipinski definition) is 1. The van der Waals surface area contributed by atoms with Crippen LogP contribution in [0.2, 0.25) is 0 Å². The number of methoxy groups -OCH3 is 1. The first kappa shape index (κ1) is 20.6. The third-order valence-corrected chi connectivity index (χ3v) is 5.10. The second kappa shape index (κ2) is 8.62. The third kappa shape index (κ3) is 4.00. The van der Waals surface area contributed by atoms with Crippen LogP contribution in [0, 0.1) is 21.4 Å². The van der Waals surface area contributed by atoms with Crippen molar-refractivity contribution in [1.82, 2.24) is 4.57 Å². The number of rotatable bonds is 6. The van der Waals surface area contributed by atoms with Crippen LogP contribution in [-0.4, -0.2) is 16.6 Å². The van der Waals surface area contributed by atoms with E-state index < -0.39 is 10.5 Å². The van der Waals surface area contributed by atoms with Gasteiger partial charge in [0.2, 0.25) is 0 Å². The summed E-state index contributed by atoms with van der Waals surface area (Å²) in [6.45, 7) is 0.563. The van der Waals surface area contributed by atoms with Crippen LogP contribution in [0.1, 0.15) is 11.1 Å². The van der Waals surface area contributed by atoms with Crippen LogP contribution in [0.25, 0.3) is 16.6 Å². The van der Waals surface area contributed by atoms with Gasteiger partial charge >= 0.3 is 0 Å². The Balaban J connectivity index is 1.75. The molecule has 0 amide bonds.